The van der Waals surface area contributed by atoms with Gasteiger partial charge in [0, 0.05) is 0 Å². The summed E-state index contributed by atoms with van der Waals surface area (Å²) in [6.07, 6.45) is 1.36. The minimum absolute atomic E-state index is 0.00989. The van der Waals surface area contributed by atoms with Gasteiger partial charge in [-0.3, -0.25) is 4.79 Å². The highest BCUT2D eigenvalue weighted by Gasteiger charge is 2.51. The van der Waals surface area contributed by atoms with Crippen molar-refractivity contribution in [3.05, 3.63) is 29.8 Å². The highest BCUT2D eigenvalue weighted by atomic mass is 32.2. The summed E-state index contributed by atoms with van der Waals surface area (Å²) in [7, 11) is -5.71. The third kappa shape index (κ3) is 2.53. The Morgan fingerprint density at radius 2 is 1.86 bits per heavy atom. The van der Waals surface area contributed by atoms with Gasteiger partial charge < -0.3 is 9.92 Å². The second kappa shape index (κ2) is 5.15. The maximum Gasteiger partial charge on any atom is 0.534 e. The molecule has 2 unspecified atom stereocenters. The molecule has 0 bridgehead atoms. The van der Waals surface area contributed by atoms with Crippen molar-refractivity contribution in [2.45, 2.75) is 30.7 Å². The average Bonchev–Trinajstić information content (AvgIpc) is 2.37. The smallest absolute Gasteiger partial charge is 0.376 e. The van der Waals surface area contributed by atoms with Crippen molar-refractivity contribution in [2.75, 3.05) is 0 Å². The van der Waals surface area contributed by atoms with Crippen molar-refractivity contribution in [1.82, 2.24) is 0 Å². The zero-order chi connectivity index (χ0) is 16.8. The first-order valence-corrected chi connectivity index (χ1v) is 7.83. The molecule has 0 spiro atoms. The zero-order valence-electron chi connectivity index (χ0n) is 11.6. The largest absolute Gasteiger partial charge is 0.534 e. The van der Waals surface area contributed by atoms with E-state index >= 15 is 0 Å². The van der Waals surface area contributed by atoms with Crippen molar-refractivity contribution in [2.24, 2.45) is 11.7 Å². The molecular weight excluding hydrogens is 323 g/mol. The molecule has 1 aliphatic rings. The number of rotatable bonds is 4. The van der Waals surface area contributed by atoms with E-state index in [0.29, 0.717) is 12.0 Å². The van der Waals surface area contributed by atoms with Crippen molar-refractivity contribution in [3.8, 4) is 5.75 Å². The monoisotopic (exact) mass is 337 g/mol. The predicted molar refractivity (Wildman–Crippen MR) is 71.3 cm³/mol. The fourth-order valence-corrected chi connectivity index (χ4v) is 3.10. The maximum atomic E-state index is 12.2. The molecule has 1 aromatic carbocycles. The van der Waals surface area contributed by atoms with Gasteiger partial charge in [-0.05, 0) is 36.5 Å². The van der Waals surface area contributed by atoms with E-state index in [0.717, 1.165) is 18.6 Å². The number of carbonyl (C=O) groups excluding carboxylic acids is 1. The lowest BCUT2D eigenvalue weighted by atomic mass is 9.57. The van der Waals surface area contributed by atoms with Crippen molar-refractivity contribution < 1.29 is 30.6 Å². The van der Waals surface area contributed by atoms with Crippen LogP contribution in [0.1, 0.15) is 25.3 Å². The molecular formula is C13H14F3NO4S. The summed E-state index contributed by atoms with van der Waals surface area (Å²) < 4.78 is 62.5. The van der Waals surface area contributed by atoms with E-state index in [2.05, 4.69) is 4.18 Å². The van der Waals surface area contributed by atoms with Crippen LogP contribution in [0, 0.1) is 5.92 Å². The molecule has 0 heterocycles. The molecule has 1 fully saturated rings. The van der Waals surface area contributed by atoms with Gasteiger partial charge in [0.25, 0.3) is 0 Å². The number of primary amides is 1. The lowest BCUT2D eigenvalue weighted by molar-refractivity contribution is -0.129. The van der Waals surface area contributed by atoms with E-state index in [4.69, 9.17) is 5.73 Å². The topological polar surface area (TPSA) is 86.5 Å². The fraction of sp³-hybridized carbons (Fsp3) is 0.462. The van der Waals surface area contributed by atoms with E-state index in [1.807, 2.05) is 6.92 Å². The summed E-state index contributed by atoms with van der Waals surface area (Å²) in [5.74, 6) is -0.980. The Morgan fingerprint density at radius 3 is 2.18 bits per heavy atom. The van der Waals surface area contributed by atoms with Gasteiger partial charge in [-0.1, -0.05) is 19.1 Å². The van der Waals surface area contributed by atoms with Gasteiger partial charge >= 0.3 is 15.6 Å². The average molecular weight is 337 g/mol. The normalized spacial score (nSPS) is 25.4. The Kier molecular flexibility index (Phi) is 3.88. The first kappa shape index (κ1) is 16.6. The van der Waals surface area contributed by atoms with Crippen molar-refractivity contribution >= 4 is 16.0 Å². The number of nitrogens with two attached hydrogens (primary N) is 1. The van der Waals surface area contributed by atoms with Crippen LogP contribution in [0.25, 0.3) is 0 Å². The van der Waals surface area contributed by atoms with E-state index in [-0.39, 0.29) is 5.92 Å². The molecule has 2 atom stereocenters. The quantitative estimate of drug-likeness (QED) is 0.673. The molecule has 22 heavy (non-hydrogen) atoms. The number of benzene rings is 1. The van der Waals surface area contributed by atoms with Crippen LogP contribution in [0.15, 0.2) is 24.3 Å². The van der Waals surface area contributed by atoms with Crippen LogP contribution in [-0.2, 0) is 20.3 Å². The lowest BCUT2D eigenvalue weighted by Crippen LogP contribution is -2.52. The van der Waals surface area contributed by atoms with Gasteiger partial charge in [-0.2, -0.15) is 21.6 Å². The molecule has 5 nitrogen and oxygen atoms in total. The molecule has 0 saturated heterocycles. The summed E-state index contributed by atoms with van der Waals surface area (Å²) in [4.78, 5) is 11.7. The summed E-state index contributed by atoms with van der Waals surface area (Å²) >= 11 is 0. The maximum absolute atomic E-state index is 12.2. The number of hydrogen-bond acceptors (Lipinski definition) is 4. The highest BCUT2D eigenvalue weighted by Crippen LogP contribution is 2.48. The van der Waals surface area contributed by atoms with E-state index in [9.17, 15) is 26.4 Å². The third-order valence-corrected chi connectivity index (χ3v) is 5.09. The Hall–Kier alpha value is -1.77. The van der Waals surface area contributed by atoms with Crippen molar-refractivity contribution in [3.63, 3.8) is 0 Å². The summed E-state index contributed by atoms with van der Waals surface area (Å²) in [6.45, 7) is 1.85. The Morgan fingerprint density at radius 1 is 1.32 bits per heavy atom. The Labute approximate surface area is 125 Å². The standard InChI is InChI=1S/C13H14F3NO4S/c1-8-6-7-12(8,11(17)18)9-2-4-10(5-3-9)21-22(19,20)13(14,15)16/h2-5,8H,6-7H2,1H3,(H2,17,18). The predicted octanol–water partition coefficient (Wildman–Crippen LogP) is 2.07. The van der Waals surface area contributed by atoms with Gasteiger partial charge in [0.05, 0.1) is 5.41 Å². The van der Waals surface area contributed by atoms with E-state index in [1.165, 1.54) is 12.1 Å². The van der Waals surface area contributed by atoms with Crippen molar-refractivity contribution in [1.29, 1.82) is 0 Å². The fourth-order valence-electron chi connectivity index (χ4n) is 2.64. The number of halogens is 3. The second-order valence-electron chi connectivity index (χ2n) is 5.28. The minimum atomic E-state index is -5.71. The lowest BCUT2D eigenvalue weighted by Gasteiger charge is -2.46. The van der Waals surface area contributed by atoms with Crippen LogP contribution in [0.5, 0.6) is 5.75 Å². The molecule has 9 heteroatoms. The molecule has 2 rings (SSSR count). The molecule has 2 N–H and O–H groups in total. The van der Waals surface area contributed by atoms with Crippen LogP contribution >= 0.6 is 0 Å². The van der Waals surface area contributed by atoms with Gasteiger partial charge in [0.1, 0.15) is 5.75 Å². The summed E-state index contributed by atoms with van der Waals surface area (Å²) in [6, 6.07) is 4.88. The summed E-state index contributed by atoms with van der Waals surface area (Å²) in [5.41, 5.74) is -0.382. The van der Waals surface area contributed by atoms with Crippen LogP contribution in [-0.4, -0.2) is 19.8 Å². The SMILES string of the molecule is CC1CCC1(C(N)=O)c1ccc(OS(=O)(=O)C(F)(F)F)cc1. The first-order chi connectivity index (χ1) is 10.0. The molecule has 122 valence electrons. The number of amides is 1. The highest BCUT2D eigenvalue weighted by molar-refractivity contribution is 7.87. The Bertz CT molecular complexity index is 684. The minimum Gasteiger partial charge on any atom is -0.376 e. The third-order valence-electron chi connectivity index (χ3n) is 4.11. The van der Waals surface area contributed by atoms with Crippen LogP contribution in [0.3, 0.4) is 0 Å². The zero-order valence-corrected chi connectivity index (χ0v) is 12.4. The molecule has 1 saturated carbocycles. The summed E-state index contributed by atoms with van der Waals surface area (Å²) in [5, 5.41) is 0. The number of hydrogen-bond donors (Lipinski definition) is 1. The molecule has 0 aliphatic heterocycles. The molecule has 0 aromatic heterocycles. The van der Waals surface area contributed by atoms with Gasteiger partial charge in [-0.25, -0.2) is 0 Å². The molecule has 0 radical (unpaired) electrons. The van der Waals surface area contributed by atoms with Crippen LogP contribution in [0.4, 0.5) is 13.2 Å². The molecule has 1 aromatic rings. The van der Waals surface area contributed by atoms with E-state index in [1.54, 1.807) is 0 Å². The number of alkyl halides is 3. The molecule has 1 amide bonds. The second-order valence-corrected chi connectivity index (χ2v) is 6.82. The van der Waals surface area contributed by atoms with Gasteiger partial charge in [0.15, 0.2) is 0 Å². The van der Waals surface area contributed by atoms with Crippen LogP contribution in [0.2, 0.25) is 0 Å². The van der Waals surface area contributed by atoms with Crippen LogP contribution < -0.4 is 9.92 Å². The van der Waals surface area contributed by atoms with E-state index < -0.39 is 32.7 Å². The molecule has 1 aliphatic carbocycles. The van der Waals surface area contributed by atoms with Gasteiger partial charge in [-0.15, -0.1) is 0 Å². The number of carbonyl (C=O) groups is 1. The van der Waals surface area contributed by atoms with Gasteiger partial charge in [0.2, 0.25) is 5.91 Å². The first-order valence-electron chi connectivity index (χ1n) is 6.42. The Balaban J connectivity index is 2.27.